The average molecular weight is 773 g/mol. The Morgan fingerprint density at radius 3 is 2.11 bits per heavy atom. The molecule has 3 rings (SSSR count). The molecule has 2 heterocycles. The minimum Gasteiger partial charge on any atom is -0.487 e. The van der Waals surface area contributed by atoms with Gasteiger partial charge in [-0.25, -0.2) is 0 Å². The van der Waals surface area contributed by atoms with Crippen LogP contribution in [0.4, 0.5) is 4.79 Å². The fraction of sp³-hybridized carbons (Fsp3) is 0.800. The molecule has 0 N–H and O–H groups in total. The standard InChI is InChI=1S/C45H76N2O6S/c1-32(2)14-11-15-33(3)16-12-17-34(4)18-13-25-45(8)26-21-39-37(7)42(35(5)36(6)43(39)53-45)52-41(49)20-19-40(48)51-30-24-38-22-27-47(28-23-38)44(50)54-31-29-46(9)10/h32-34,38H,11-31H2,1-10H3. The van der Waals surface area contributed by atoms with E-state index in [1.807, 2.05) is 32.8 Å². The van der Waals surface area contributed by atoms with E-state index >= 15 is 0 Å². The van der Waals surface area contributed by atoms with Crippen molar-refractivity contribution in [2.75, 3.05) is 46.1 Å². The molecule has 3 atom stereocenters. The van der Waals surface area contributed by atoms with Crippen LogP contribution in [-0.4, -0.2) is 78.7 Å². The van der Waals surface area contributed by atoms with Crippen LogP contribution in [0.15, 0.2) is 0 Å². The van der Waals surface area contributed by atoms with E-state index in [9.17, 15) is 14.4 Å². The van der Waals surface area contributed by atoms with Crippen LogP contribution in [-0.2, 0) is 20.7 Å². The highest BCUT2D eigenvalue weighted by molar-refractivity contribution is 8.13. The van der Waals surface area contributed by atoms with Gasteiger partial charge < -0.3 is 24.0 Å². The summed E-state index contributed by atoms with van der Waals surface area (Å²) in [4.78, 5) is 41.9. The number of rotatable bonds is 22. The second-order valence-electron chi connectivity index (χ2n) is 17.8. The molecule has 0 saturated carbocycles. The summed E-state index contributed by atoms with van der Waals surface area (Å²) in [6.07, 6.45) is 16.0. The summed E-state index contributed by atoms with van der Waals surface area (Å²) in [7, 11) is 4.02. The van der Waals surface area contributed by atoms with Crippen LogP contribution in [0.2, 0.25) is 0 Å². The highest BCUT2D eigenvalue weighted by Gasteiger charge is 2.35. The van der Waals surface area contributed by atoms with Crippen LogP contribution >= 0.6 is 11.8 Å². The second kappa shape index (κ2) is 23.1. The first-order chi connectivity index (χ1) is 25.6. The summed E-state index contributed by atoms with van der Waals surface area (Å²) >= 11 is 1.39. The van der Waals surface area contributed by atoms with Crippen molar-refractivity contribution in [3.63, 3.8) is 0 Å². The van der Waals surface area contributed by atoms with Gasteiger partial charge in [-0.15, -0.1) is 0 Å². The number of ether oxygens (including phenoxy) is 3. The van der Waals surface area contributed by atoms with Crippen molar-refractivity contribution in [3.05, 3.63) is 22.3 Å². The maximum Gasteiger partial charge on any atom is 0.311 e. The predicted octanol–water partition coefficient (Wildman–Crippen LogP) is 10.9. The Labute approximate surface area is 333 Å². The number of thioether (sulfide) groups is 1. The number of nitrogens with zero attached hydrogens (tertiary/aromatic N) is 2. The topological polar surface area (TPSA) is 85.4 Å². The van der Waals surface area contributed by atoms with E-state index in [4.69, 9.17) is 14.2 Å². The van der Waals surface area contributed by atoms with Gasteiger partial charge >= 0.3 is 11.9 Å². The molecule has 1 amide bonds. The zero-order valence-corrected chi connectivity index (χ0v) is 36.7. The van der Waals surface area contributed by atoms with E-state index in [1.165, 1.54) is 63.1 Å². The quantitative estimate of drug-likeness (QED) is 0.0851. The maximum atomic E-state index is 12.9. The number of carbonyl (C=O) groups excluding carboxylic acids is 3. The Morgan fingerprint density at radius 1 is 0.870 bits per heavy atom. The predicted molar refractivity (Wildman–Crippen MR) is 224 cm³/mol. The fourth-order valence-electron chi connectivity index (χ4n) is 8.00. The van der Waals surface area contributed by atoms with Gasteiger partial charge in [0.15, 0.2) is 0 Å². The number of benzene rings is 1. The van der Waals surface area contributed by atoms with Gasteiger partial charge in [-0.2, -0.15) is 0 Å². The first kappa shape index (κ1) is 46.1. The number of piperidine rings is 1. The van der Waals surface area contributed by atoms with Crippen LogP contribution < -0.4 is 9.47 Å². The molecule has 8 nitrogen and oxygen atoms in total. The lowest BCUT2D eigenvalue weighted by molar-refractivity contribution is -0.147. The summed E-state index contributed by atoms with van der Waals surface area (Å²) in [5, 5.41) is 0.158. The van der Waals surface area contributed by atoms with Gasteiger partial charge in [0.1, 0.15) is 17.1 Å². The van der Waals surface area contributed by atoms with Crippen molar-refractivity contribution < 1.29 is 28.6 Å². The molecule has 2 aliphatic rings. The van der Waals surface area contributed by atoms with E-state index in [0.717, 1.165) is 110 Å². The van der Waals surface area contributed by atoms with Gasteiger partial charge in [0.25, 0.3) is 5.24 Å². The molecule has 1 fully saturated rings. The first-order valence-electron chi connectivity index (χ1n) is 21.3. The van der Waals surface area contributed by atoms with Crippen LogP contribution in [0.3, 0.4) is 0 Å². The summed E-state index contributed by atoms with van der Waals surface area (Å²) in [5.74, 6) is 4.38. The summed E-state index contributed by atoms with van der Waals surface area (Å²) in [6.45, 7) is 20.5. The summed E-state index contributed by atoms with van der Waals surface area (Å²) in [6, 6.07) is 0. The Morgan fingerprint density at radius 2 is 1.48 bits per heavy atom. The lowest BCUT2D eigenvalue weighted by atomic mass is 9.83. The van der Waals surface area contributed by atoms with Gasteiger partial charge in [0.2, 0.25) is 0 Å². The third kappa shape index (κ3) is 15.7. The number of carbonyl (C=O) groups is 3. The Hall–Kier alpha value is -2.26. The zero-order valence-electron chi connectivity index (χ0n) is 35.9. The minimum absolute atomic E-state index is 0.00435. The SMILES string of the molecule is Cc1c(C)c2c(c(C)c1OC(=O)CCC(=O)OCCC1CCN(C(=O)SCCN(C)C)CC1)CCC(C)(CCCC(C)CCCC(C)CCCC(C)C)O2. The molecular weight excluding hydrogens is 697 g/mol. The summed E-state index contributed by atoms with van der Waals surface area (Å²) < 4.78 is 18.2. The second-order valence-corrected chi connectivity index (χ2v) is 18.8. The van der Waals surface area contributed by atoms with Crippen molar-refractivity contribution in [1.29, 1.82) is 0 Å². The van der Waals surface area contributed by atoms with E-state index in [-0.39, 0.29) is 29.7 Å². The summed E-state index contributed by atoms with van der Waals surface area (Å²) in [5.41, 5.74) is 3.84. The number of esters is 2. The Kier molecular flexibility index (Phi) is 19.7. The zero-order chi connectivity index (χ0) is 39.8. The third-order valence-corrected chi connectivity index (χ3v) is 12.9. The van der Waals surface area contributed by atoms with Crippen LogP contribution in [0.25, 0.3) is 0 Å². The molecule has 2 aliphatic heterocycles. The van der Waals surface area contributed by atoms with E-state index in [2.05, 4.69) is 46.4 Å². The molecule has 0 bridgehead atoms. The number of hydrogen-bond acceptors (Lipinski definition) is 8. The third-order valence-electron chi connectivity index (χ3n) is 12.0. The Bertz CT molecular complexity index is 1340. The maximum absolute atomic E-state index is 12.9. The smallest absolute Gasteiger partial charge is 0.311 e. The van der Waals surface area contributed by atoms with E-state index < -0.39 is 5.97 Å². The highest BCUT2D eigenvalue weighted by atomic mass is 32.2. The molecule has 9 heteroatoms. The lowest BCUT2D eigenvalue weighted by Gasteiger charge is -2.38. The molecule has 1 saturated heterocycles. The number of fused-ring (bicyclic) bond motifs is 1. The molecule has 54 heavy (non-hydrogen) atoms. The van der Waals surface area contributed by atoms with Gasteiger partial charge in [-0.3, -0.25) is 14.4 Å². The molecule has 3 unspecified atom stereocenters. The van der Waals surface area contributed by atoms with Gasteiger partial charge in [-0.05, 0) is 127 Å². The molecule has 1 aromatic carbocycles. The molecule has 0 spiro atoms. The van der Waals surface area contributed by atoms with Crippen molar-refractivity contribution in [3.8, 4) is 11.5 Å². The van der Waals surface area contributed by atoms with Crippen LogP contribution in [0.5, 0.6) is 11.5 Å². The largest absolute Gasteiger partial charge is 0.487 e. The van der Waals surface area contributed by atoms with E-state index in [1.54, 1.807) is 0 Å². The van der Waals surface area contributed by atoms with Crippen molar-refractivity contribution in [1.82, 2.24) is 9.80 Å². The number of amides is 1. The number of hydrogen-bond donors (Lipinski definition) is 0. The van der Waals surface area contributed by atoms with Gasteiger partial charge in [-0.1, -0.05) is 84.4 Å². The Balaban J connectivity index is 1.37. The molecule has 0 aliphatic carbocycles. The lowest BCUT2D eigenvalue weighted by Crippen LogP contribution is -2.37. The molecule has 0 radical (unpaired) electrons. The monoisotopic (exact) mass is 773 g/mol. The molecule has 0 aromatic heterocycles. The van der Waals surface area contributed by atoms with Gasteiger partial charge in [0, 0.05) is 31.0 Å². The molecule has 1 aromatic rings. The highest BCUT2D eigenvalue weighted by Crippen LogP contribution is 2.45. The van der Waals surface area contributed by atoms with Crippen LogP contribution in [0.1, 0.15) is 153 Å². The van der Waals surface area contributed by atoms with Crippen molar-refractivity contribution >= 4 is 28.9 Å². The normalized spacial score (nSPS) is 18.7. The minimum atomic E-state index is -0.422. The van der Waals surface area contributed by atoms with Crippen LogP contribution in [0, 0.1) is 44.4 Å². The number of likely N-dealkylation sites (tertiary alicyclic amines) is 1. The first-order valence-corrected chi connectivity index (χ1v) is 22.3. The van der Waals surface area contributed by atoms with Crippen molar-refractivity contribution in [2.24, 2.45) is 23.7 Å². The fourth-order valence-corrected chi connectivity index (χ4v) is 9.00. The van der Waals surface area contributed by atoms with Gasteiger partial charge in [0.05, 0.1) is 19.4 Å². The average Bonchev–Trinajstić information content (AvgIpc) is 3.11. The molecular formula is C45H76N2O6S. The molecule has 308 valence electrons. The van der Waals surface area contributed by atoms with Crippen molar-refractivity contribution in [2.45, 2.75) is 164 Å². The van der Waals surface area contributed by atoms with E-state index in [0.29, 0.717) is 18.3 Å².